The van der Waals surface area contributed by atoms with Crippen LogP contribution in [0.5, 0.6) is 0 Å². The van der Waals surface area contributed by atoms with Gasteiger partial charge in [-0.3, -0.25) is 4.68 Å². The Morgan fingerprint density at radius 1 is 0.684 bits per heavy atom. The fourth-order valence-electron chi connectivity index (χ4n) is 2.07. The van der Waals surface area contributed by atoms with Gasteiger partial charge in [-0.25, -0.2) is 0 Å². The molecule has 0 aliphatic heterocycles. The first-order chi connectivity index (χ1) is 9.42. The molecule has 3 rings (SSSR count). The van der Waals surface area contributed by atoms with Crippen molar-refractivity contribution in [1.29, 1.82) is 0 Å². The molecule has 1 aromatic heterocycles. The maximum Gasteiger partial charge on any atom is 0.0564 e. The van der Waals surface area contributed by atoms with Crippen LogP contribution < -0.4 is 5.43 Å². The van der Waals surface area contributed by atoms with Gasteiger partial charge >= 0.3 is 0 Å². The molecule has 0 amide bonds. The summed E-state index contributed by atoms with van der Waals surface area (Å²) in [6, 6.07) is 23.1. The molecule has 0 saturated heterocycles. The number of hydrogen-bond acceptors (Lipinski definition) is 1. The molecule has 19 heavy (non-hydrogen) atoms. The molecule has 0 saturated carbocycles. The van der Waals surface area contributed by atoms with E-state index in [2.05, 4.69) is 54.0 Å². The highest BCUT2D eigenvalue weighted by Gasteiger charge is 1.97. The van der Waals surface area contributed by atoms with Gasteiger partial charge in [-0.1, -0.05) is 54.6 Å². The molecule has 1 heterocycles. The van der Waals surface area contributed by atoms with Crippen LogP contribution in [0.25, 0.3) is 11.1 Å². The summed E-state index contributed by atoms with van der Waals surface area (Å²) < 4.78 is 1.96. The largest absolute Gasteiger partial charge is 0.322 e. The second-order valence-electron chi connectivity index (χ2n) is 4.49. The van der Waals surface area contributed by atoms with E-state index in [4.69, 9.17) is 0 Å². The number of nitrogens with zero attached hydrogens (tertiary/aromatic N) is 1. The van der Waals surface area contributed by atoms with Gasteiger partial charge in [-0.2, -0.15) is 0 Å². The van der Waals surface area contributed by atoms with E-state index in [9.17, 15) is 0 Å². The first-order valence-electron chi connectivity index (χ1n) is 6.43. The van der Waals surface area contributed by atoms with Gasteiger partial charge in [0.1, 0.15) is 0 Å². The topological polar surface area (TPSA) is 17.0 Å². The molecule has 0 aliphatic rings. The smallest absolute Gasteiger partial charge is 0.0564 e. The lowest BCUT2D eigenvalue weighted by atomic mass is 10.0. The molecule has 3 aromatic rings. The maximum absolute atomic E-state index is 3.32. The molecule has 0 fully saturated rings. The van der Waals surface area contributed by atoms with Crippen LogP contribution in [0.15, 0.2) is 79.1 Å². The summed E-state index contributed by atoms with van der Waals surface area (Å²) in [7, 11) is 0. The van der Waals surface area contributed by atoms with E-state index in [-0.39, 0.29) is 0 Å². The average Bonchev–Trinajstić information content (AvgIpc) is 3.00. The summed E-state index contributed by atoms with van der Waals surface area (Å²) in [5.41, 5.74) is 7.10. The molecule has 2 heteroatoms. The summed E-state index contributed by atoms with van der Waals surface area (Å²) in [5, 5.41) is 0. The van der Waals surface area contributed by atoms with Crippen molar-refractivity contribution in [2.24, 2.45) is 0 Å². The lowest BCUT2D eigenvalue weighted by Gasteiger charge is -2.08. The zero-order valence-electron chi connectivity index (χ0n) is 10.7. The van der Waals surface area contributed by atoms with Crippen LogP contribution in [0.2, 0.25) is 0 Å². The van der Waals surface area contributed by atoms with Crippen LogP contribution in [0.3, 0.4) is 0 Å². The molecule has 0 radical (unpaired) electrons. The van der Waals surface area contributed by atoms with Gasteiger partial charge < -0.3 is 5.43 Å². The van der Waals surface area contributed by atoms with E-state index in [1.165, 1.54) is 16.7 Å². The molecule has 0 atom stereocenters. The number of rotatable bonds is 4. The summed E-state index contributed by atoms with van der Waals surface area (Å²) in [5.74, 6) is 0. The highest BCUT2D eigenvalue weighted by atomic mass is 15.4. The van der Waals surface area contributed by atoms with Gasteiger partial charge in [0.25, 0.3) is 0 Å². The number of nitrogens with one attached hydrogen (secondary N) is 1. The van der Waals surface area contributed by atoms with Crippen molar-refractivity contribution in [3.05, 3.63) is 84.7 Å². The zero-order chi connectivity index (χ0) is 12.9. The summed E-state index contributed by atoms with van der Waals surface area (Å²) in [4.78, 5) is 0. The maximum atomic E-state index is 3.32. The first kappa shape index (κ1) is 11.6. The number of aromatic nitrogens is 1. The second-order valence-corrected chi connectivity index (χ2v) is 4.49. The molecule has 1 N–H and O–H groups in total. The van der Waals surface area contributed by atoms with E-state index in [1.54, 1.807) is 0 Å². The van der Waals surface area contributed by atoms with E-state index >= 15 is 0 Å². The van der Waals surface area contributed by atoms with Crippen LogP contribution in [-0.4, -0.2) is 4.68 Å². The van der Waals surface area contributed by atoms with Crippen LogP contribution in [-0.2, 0) is 6.54 Å². The molecule has 2 aromatic carbocycles. The Bertz CT molecular complexity index is 610. The van der Waals surface area contributed by atoms with Gasteiger partial charge in [-0.05, 0) is 28.8 Å². The standard InChI is InChI=1S/C17H16N2/c1-2-6-16(7-3-1)17-10-8-15(9-11-17)14-18-19-12-4-5-13-19/h1-13,18H,14H2. The van der Waals surface area contributed by atoms with Gasteiger partial charge in [0.05, 0.1) is 6.54 Å². The predicted octanol–water partition coefficient (Wildman–Crippen LogP) is 3.90. The molecule has 94 valence electrons. The minimum Gasteiger partial charge on any atom is -0.322 e. The summed E-state index contributed by atoms with van der Waals surface area (Å²) >= 11 is 0. The number of benzene rings is 2. The Labute approximate surface area is 113 Å². The van der Waals surface area contributed by atoms with Gasteiger partial charge in [0.2, 0.25) is 0 Å². The monoisotopic (exact) mass is 248 g/mol. The molecule has 0 bridgehead atoms. The van der Waals surface area contributed by atoms with Crippen molar-refractivity contribution in [1.82, 2.24) is 4.68 Å². The van der Waals surface area contributed by atoms with Crippen LogP contribution >= 0.6 is 0 Å². The van der Waals surface area contributed by atoms with Crippen molar-refractivity contribution >= 4 is 0 Å². The highest BCUT2D eigenvalue weighted by molar-refractivity contribution is 5.63. The van der Waals surface area contributed by atoms with Gasteiger partial charge in [0, 0.05) is 12.4 Å². The van der Waals surface area contributed by atoms with Crippen LogP contribution in [0.1, 0.15) is 5.56 Å². The fourth-order valence-corrected chi connectivity index (χ4v) is 2.07. The molecule has 0 aliphatic carbocycles. The molecular formula is C17H16N2. The Balaban J connectivity index is 1.69. The Kier molecular flexibility index (Phi) is 3.32. The fraction of sp³-hybridized carbons (Fsp3) is 0.0588. The average molecular weight is 248 g/mol. The molecule has 0 unspecified atom stereocenters. The minimum absolute atomic E-state index is 0.823. The number of hydrogen-bond donors (Lipinski definition) is 1. The molecule has 0 spiro atoms. The van der Waals surface area contributed by atoms with E-state index in [1.807, 2.05) is 35.3 Å². The first-order valence-corrected chi connectivity index (χ1v) is 6.43. The SMILES string of the molecule is c1ccc(-c2ccc(CNn3cccc3)cc2)cc1. The van der Waals surface area contributed by atoms with Crippen molar-refractivity contribution in [2.75, 3.05) is 5.43 Å². The normalized spacial score (nSPS) is 10.3. The van der Waals surface area contributed by atoms with E-state index < -0.39 is 0 Å². The summed E-state index contributed by atoms with van der Waals surface area (Å²) in [6.45, 7) is 0.823. The third kappa shape index (κ3) is 2.86. The van der Waals surface area contributed by atoms with Crippen molar-refractivity contribution in [3.8, 4) is 11.1 Å². The van der Waals surface area contributed by atoms with Crippen molar-refractivity contribution in [2.45, 2.75) is 6.54 Å². The molecular weight excluding hydrogens is 232 g/mol. The van der Waals surface area contributed by atoms with E-state index in [0.717, 1.165) is 6.54 Å². The Morgan fingerprint density at radius 2 is 1.32 bits per heavy atom. The quantitative estimate of drug-likeness (QED) is 0.741. The van der Waals surface area contributed by atoms with Crippen LogP contribution in [0, 0.1) is 0 Å². The highest BCUT2D eigenvalue weighted by Crippen LogP contribution is 2.19. The Hall–Kier alpha value is -2.48. The molecule has 2 nitrogen and oxygen atoms in total. The lowest BCUT2D eigenvalue weighted by Crippen LogP contribution is -2.11. The van der Waals surface area contributed by atoms with Gasteiger partial charge in [-0.15, -0.1) is 0 Å². The zero-order valence-corrected chi connectivity index (χ0v) is 10.7. The van der Waals surface area contributed by atoms with E-state index in [0.29, 0.717) is 0 Å². The van der Waals surface area contributed by atoms with Crippen molar-refractivity contribution in [3.63, 3.8) is 0 Å². The van der Waals surface area contributed by atoms with Gasteiger partial charge in [0.15, 0.2) is 0 Å². The Morgan fingerprint density at radius 3 is 2.00 bits per heavy atom. The minimum atomic E-state index is 0.823. The summed E-state index contributed by atoms with van der Waals surface area (Å²) in [6.07, 6.45) is 4.00. The van der Waals surface area contributed by atoms with Crippen LogP contribution in [0.4, 0.5) is 0 Å². The second kappa shape index (κ2) is 5.44. The lowest BCUT2D eigenvalue weighted by molar-refractivity contribution is 0.847. The third-order valence-corrected chi connectivity index (χ3v) is 3.13. The third-order valence-electron chi connectivity index (χ3n) is 3.13. The van der Waals surface area contributed by atoms with Crippen molar-refractivity contribution < 1.29 is 0 Å². The predicted molar refractivity (Wildman–Crippen MR) is 79.4 cm³/mol.